The number of hydrogen-bond donors (Lipinski definition) is 3. The smallest absolute Gasteiger partial charge is 0.240 e. The first-order valence-electron chi connectivity index (χ1n) is 6.57. The Morgan fingerprint density at radius 1 is 1.30 bits per heavy atom. The van der Waals surface area contributed by atoms with Crippen molar-refractivity contribution < 1.29 is 13.5 Å². The number of hydrogen-bond acceptors (Lipinski definition) is 5. The Labute approximate surface area is 120 Å². The van der Waals surface area contributed by atoms with Gasteiger partial charge in [0.2, 0.25) is 10.0 Å². The fraction of sp³-hybridized carbons (Fsp3) is 0.538. The molecule has 20 heavy (non-hydrogen) atoms. The second-order valence-corrected chi connectivity index (χ2v) is 6.52. The fourth-order valence-corrected chi connectivity index (χ4v) is 2.65. The van der Waals surface area contributed by atoms with Gasteiger partial charge < -0.3 is 15.7 Å². The van der Waals surface area contributed by atoms with Crippen LogP contribution in [0.4, 0.5) is 11.4 Å². The highest BCUT2D eigenvalue weighted by molar-refractivity contribution is 7.89. The molecule has 0 unspecified atom stereocenters. The van der Waals surface area contributed by atoms with Crippen molar-refractivity contribution in [3.05, 3.63) is 18.2 Å². The van der Waals surface area contributed by atoms with Crippen molar-refractivity contribution in [1.82, 2.24) is 4.72 Å². The number of aliphatic hydroxyl groups is 1. The summed E-state index contributed by atoms with van der Waals surface area (Å²) in [6, 6.07) is 4.67. The van der Waals surface area contributed by atoms with Crippen molar-refractivity contribution in [2.75, 3.05) is 37.9 Å². The van der Waals surface area contributed by atoms with Crippen molar-refractivity contribution in [2.24, 2.45) is 0 Å². The Bertz CT molecular complexity index is 532. The van der Waals surface area contributed by atoms with E-state index in [2.05, 4.69) is 4.72 Å². The number of nitrogens with one attached hydrogen (secondary N) is 1. The summed E-state index contributed by atoms with van der Waals surface area (Å²) in [7, 11) is -0.211. The van der Waals surface area contributed by atoms with Crippen LogP contribution >= 0.6 is 0 Å². The Kier molecular flexibility index (Phi) is 6.25. The number of nitrogens with zero attached hydrogens (tertiary/aromatic N) is 1. The molecule has 6 nitrogen and oxygen atoms in total. The van der Waals surface area contributed by atoms with Gasteiger partial charge in [-0.3, -0.25) is 0 Å². The van der Waals surface area contributed by atoms with Crippen LogP contribution in [0.1, 0.15) is 19.3 Å². The zero-order chi connectivity index (χ0) is 15.2. The largest absolute Gasteiger partial charge is 0.397 e. The number of sulfonamides is 1. The number of nitrogen functional groups attached to an aromatic ring is 1. The molecule has 4 N–H and O–H groups in total. The number of anilines is 2. The van der Waals surface area contributed by atoms with Gasteiger partial charge in [-0.05, 0) is 44.5 Å². The number of aliphatic hydroxyl groups excluding tert-OH is 1. The third kappa shape index (κ3) is 4.36. The SMILES string of the molecule is CNS(=O)(=O)c1ccc(N)c(N(C)CCCCCO)c1. The standard InChI is InChI=1S/C13H23N3O3S/c1-15-20(18,19)11-6-7-12(14)13(10-11)16(2)8-4-3-5-9-17/h6-7,10,15,17H,3-5,8-9,14H2,1-2H3. The van der Waals surface area contributed by atoms with Gasteiger partial charge in [-0.25, -0.2) is 13.1 Å². The van der Waals surface area contributed by atoms with Crippen molar-refractivity contribution in [3.63, 3.8) is 0 Å². The van der Waals surface area contributed by atoms with Gasteiger partial charge in [0.1, 0.15) is 0 Å². The highest BCUT2D eigenvalue weighted by Gasteiger charge is 2.14. The first kappa shape index (κ1) is 16.7. The molecule has 0 aliphatic carbocycles. The van der Waals surface area contributed by atoms with Gasteiger partial charge in [0.15, 0.2) is 0 Å². The minimum atomic E-state index is -3.47. The van der Waals surface area contributed by atoms with Crippen molar-refractivity contribution in [3.8, 4) is 0 Å². The van der Waals surface area contributed by atoms with Gasteiger partial charge in [0.25, 0.3) is 0 Å². The van der Waals surface area contributed by atoms with Gasteiger partial charge in [-0.2, -0.15) is 0 Å². The molecule has 0 atom stereocenters. The van der Waals surface area contributed by atoms with Crippen molar-refractivity contribution >= 4 is 21.4 Å². The minimum Gasteiger partial charge on any atom is -0.397 e. The lowest BCUT2D eigenvalue weighted by atomic mass is 10.2. The summed E-state index contributed by atoms with van der Waals surface area (Å²) < 4.78 is 25.9. The normalized spacial score (nSPS) is 11.6. The molecule has 0 saturated carbocycles. The van der Waals surface area contributed by atoms with E-state index >= 15 is 0 Å². The zero-order valence-corrected chi connectivity index (χ0v) is 12.8. The van der Waals surface area contributed by atoms with Gasteiger partial charge in [-0.15, -0.1) is 0 Å². The van der Waals surface area contributed by atoms with Crippen LogP contribution in [0.3, 0.4) is 0 Å². The molecule has 0 bridgehead atoms. The molecule has 0 heterocycles. The predicted octanol–water partition coefficient (Wildman–Crippen LogP) is 0.776. The van der Waals surface area contributed by atoms with E-state index in [9.17, 15) is 8.42 Å². The van der Waals surface area contributed by atoms with Gasteiger partial charge in [0.05, 0.1) is 16.3 Å². The summed E-state index contributed by atoms with van der Waals surface area (Å²) >= 11 is 0. The third-order valence-corrected chi connectivity index (χ3v) is 4.56. The zero-order valence-electron chi connectivity index (χ0n) is 12.0. The van der Waals surface area contributed by atoms with E-state index in [1.807, 2.05) is 11.9 Å². The maximum absolute atomic E-state index is 11.8. The Morgan fingerprint density at radius 2 is 2.00 bits per heavy atom. The molecule has 1 aromatic rings. The van der Waals surface area contributed by atoms with Gasteiger partial charge in [0, 0.05) is 20.2 Å². The van der Waals surface area contributed by atoms with Crippen LogP contribution in [0, 0.1) is 0 Å². The molecule has 0 aliphatic heterocycles. The van der Waals surface area contributed by atoms with Crippen molar-refractivity contribution in [1.29, 1.82) is 0 Å². The first-order valence-corrected chi connectivity index (χ1v) is 8.05. The Hall–Kier alpha value is -1.31. The predicted molar refractivity (Wildman–Crippen MR) is 81.3 cm³/mol. The number of nitrogens with two attached hydrogens (primary N) is 1. The average Bonchev–Trinajstić information content (AvgIpc) is 2.43. The summed E-state index contributed by atoms with van der Waals surface area (Å²) in [5.74, 6) is 0. The number of unbranched alkanes of at least 4 members (excludes halogenated alkanes) is 2. The topological polar surface area (TPSA) is 95.7 Å². The molecule has 0 fully saturated rings. The Balaban J connectivity index is 2.86. The van der Waals surface area contributed by atoms with E-state index in [1.165, 1.54) is 13.1 Å². The molecular formula is C13H23N3O3S. The quantitative estimate of drug-likeness (QED) is 0.487. The van der Waals surface area contributed by atoms with E-state index in [-0.39, 0.29) is 11.5 Å². The molecule has 0 aliphatic rings. The first-order chi connectivity index (χ1) is 9.42. The maximum atomic E-state index is 11.8. The molecule has 0 spiro atoms. The van der Waals surface area contributed by atoms with Crippen LogP contribution in [0.25, 0.3) is 0 Å². The molecular weight excluding hydrogens is 278 g/mol. The molecule has 0 amide bonds. The van der Waals surface area contributed by atoms with Crippen LogP contribution in [-0.4, -0.2) is 40.8 Å². The third-order valence-electron chi connectivity index (χ3n) is 3.14. The highest BCUT2D eigenvalue weighted by Crippen LogP contribution is 2.26. The molecule has 1 rings (SSSR count). The molecule has 0 aromatic heterocycles. The summed E-state index contributed by atoms with van der Waals surface area (Å²) in [4.78, 5) is 2.13. The van der Waals surface area contributed by atoms with Crippen LogP contribution in [0.15, 0.2) is 23.1 Å². The van der Waals surface area contributed by atoms with Crippen molar-refractivity contribution in [2.45, 2.75) is 24.2 Å². The van der Waals surface area contributed by atoms with E-state index in [0.717, 1.165) is 25.8 Å². The lowest BCUT2D eigenvalue weighted by molar-refractivity contribution is 0.283. The maximum Gasteiger partial charge on any atom is 0.240 e. The van der Waals surface area contributed by atoms with Gasteiger partial charge in [-0.1, -0.05) is 0 Å². The van der Waals surface area contributed by atoms with Gasteiger partial charge >= 0.3 is 0 Å². The highest BCUT2D eigenvalue weighted by atomic mass is 32.2. The van der Waals surface area contributed by atoms with E-state index < -0.39 is 10.0 Å². The number of rotatable bonds is 8. The second kappa shape index (κ2) is 7.47. The average molecular weight is 301 g/mol. The molecule has 0 saturated heterocycles. The molecule has 1 aromatic carbocycles. The van der Waals surface area contributed by atoms with E-state index in [1.54, 1.807) is 12.1 Å². The summed E-state index contributed by atoms with van der Waals surface area (Å²) in [5, 5.41) is 8.74. The van der Waals surface area contributed by atoms with Crippen LogP contribution < -0.4 is 15.4 Å². The summed E-state index contributed by atoms with van der Waals surface area (Å²) in [6.07, 6.45) is 2.62. The van der Waals surface area contributed by atoms with Crippen LogP contribution in [0.5, 0.6) is 0 Å². The van der Waals surface area contributed by atoms with Crippen LogP contribution in [-0.2, 0) is 10.0 Å². The monoisotopic (exact) mass is 301 g/mol. The summed E-state index contributed by atoms with van der Waals surface area (Å²) in [6.45, 7) is 0.953. The van der Waals surface area contributed by atoms with E-state index in [4.69, 9.17) is 10.8 Å². The lowest BCUT2D eigenvalue weighted by Crippen LogP contribution is -2.22. The summed E-state index contributed by atoms with van der Waals surface area (Å²) in [5.41, 5.74) is 7.15. The number of benzene rings is 1. The molecule has 0 radical (unpaired) electrons. The Morgan fingerprint density at radius 3 is 2.60 bits per heavy atom. The molecule has 7 heteroatoms. The van der Waals surface area contributed by atoms with E-state index in [0.29, 0.717) is 11.4 Å². The second-order valence-electron chi connectivity index (χ2n) is 4.63. The fourth-order valence-electron chi connectivity index (χ4n) is 1.90. The van der Waals surface area contributed by atoms with Crippen LogP contribution in [0.2, 0.25) is 0 Å². The minimum absolute atomic E-state index is 0.196. The molecule has 114 valence electrons. The lowest BCUT2D eigenvalue weighted by Gasteiger charge is -2.21.